The lowest BCUT2D eigenvalue weighted by atomic mass is 10.1. The molecule has 0 fully saturated rings. The summed E-state index contributed by atoms with van der Waals surface area (Å²) < 4.78 is 0. The molecule has 0 aliphatic carbocycles. The van der Waals surface area contributed by atoms with E-state index < -0.39 is 4.92 Å². The monoisotopic (exact) mass is 238 g/mol. The minimum absolute atomic E-state index is 0.124. The molecule has 6 heteroatoms. The number of benzene rings is 1. The molecule has 0 aliphatic rings. The predicted octanol–water partition coefficient (Wildman–Crippen LogP) is 1.05. The van der Waals surface area contributed by atoms with Crippen molar-refractivity contribution in [3.8, 4) is 0 Å². The maximum atomic E-state index is 11.9. The van der Waals surface area contributed by atoms with Gasteiger partial charge in [0.05, 0.1) is 17.6 Å². The molecule has 1 unspecified atom stereocenters. The van der Waals surface area contributed by atoms with Crippen LogP contribution in [0.1, 0.15) is 17.3 Å². The molecule has 0 radical (unpaired) electrons. The number of rotatable bonds is 4. The second-order valence-corrected chi connectivity index (χ2v) is 3.76. The highest BCUT2D eigenvalue weighted by Gasteiger charge is 2.18. The van der Waals surface area contributed by atoms with E-state index in [2.05, 4.69) is 0 Å². The highest BCUT2D eigenvalue weighted by molar-refractivity contribution is 5.94. The van der Waals surface area contributed by atoms with Gasteiger partial charge in [0.15, 0.2) is 0 Å². The lowest BCUT2D eigenvalue weighted by Gasteiger charge is -2.23. The zero-order valence-electron chi connectivity index (χ0n) is 9.66. The number of nitrogens with zero attached hydrogens (tertiary/aromatic N) is 2. The van der Waals surface area contributed by atoms with E-state index >= 15 is 0 Å². The smallest absolute Gasteiger partial charge is 0.270 e. The highest BCUT2D eigenvalue weighted by Crippen LogP contribution is 2.15. The number of nitro benzene ring substituents is 1. The van der Waals surface area contributed by atoms with Crippen LogP contribution in [0.25, 0.3) is 0 Å². The van der Waals surface area contributed by atoms with Gasteiger partial charge >= 0.3 is 0 Å². The number of carbonyl (C=O) groups is 1. The first-order chi connectivity index (χ1) is 7.97. The number of aliphatic hydroxyl groups is 1. The Balaban J connectivity index is 2.96. The van der Waals surface area contributed by atoms with E-state index in [1.807, 2.05) is 0 Å². The fraction of sp³-hybridized carbons (Fsp3) is 0.364. The minimum Gasteiger partial charge on any atom is -0.394 e. The van der Waals surface area contributed by atoms with Crippen LogP contribution in [0, 0.1) is 10.1 Å². The maximum Gasteiger partial charge on any atom is 0.270 e. The van der Waals surface area contributed by atoms with Crippen LogP contribution >= 0.6 is 0 Å². The molecule has 92 valence electrons. The fourth-order valence-corrected chi connectivity index (χ4v) is 1.28. The predicted molar refractivity (Wildman–Crippen MR) is 61.7 cm³/mol. The van der Waals surface area contributed by atoms with Crippen molar-refractivity contribution < 1.29 is 14.8 Å². The highest BCUT2D eigenvalue weighted by atomic mass is 16.6. The topological polar surface area (TPSA) is 83.7 Å². The summed E-state index contributed by atoms with van der Waals surface area (Å²) in [5.41, 5.74) is 0.114. The third-order valence-corrected chi connectivity index (χ3v) is 2.55. The van der Waals surface area contributed by atoms with Gasteiger partial charge in [-0.1, -0.05) is 6.07 Å². The Hall–Kier alpha value is -1.95. The van der Waals surface area contributed by atoms with Crippen LogP contribution in [-0.4, -0.2) is 40.5 Å². The molecule has 0 aliphatic heterocycles. The molecule has 1 rings (SSSR count). The molecule has 1 aromatic rings. The number of amides is 1. The summed E-state index contributed by atoms with van der Waals surface area (Å²) in [5.74, 6) is -0.352. The number of hydrogen-bond acceptors (Lipinski definition) is 4. The van der Waals surface area contributed by atoms with Gasteiger partial charge in [-0.3, -0.25) is 14.9 Å². The summed E-state index contributed by atoms with van der Waals surface area (Å²) in [6.45, 7) is 1.53. The van der Waals surface area contributed by atoms with Crippen molar-refractivity contribution in [1.29, 1.82) is 0 Å². The lowest BCUT2D eigenvalue weighted by Crippen LogP contribution is -2.37. The SMILES string of the molecule is CC(CO)N(C)C(=O)c1cccc([N+](=O)[O-])c1. The van der Waals surface area contributed by atoms with E-state index in [0.29, 0.717) is 0 Å². The van der Waals surface area contributed by atoms with Gasteiger partial charge in [-0.2, -0.15) is 0 Å². The Morgan fingerprint density at radius 2 is 2.24 bits per heavy atom. The van der Waals surface area contributed by atoms with E-state index in [0.717, 1.165) is 0 Å². The van der Waals surface area contributed by atoms with Crippen molar-refractivity contribution >= 4 is 11.6 Å². The number of nitro groups is 1. The fourth-order valence-electron chi connectivity index (χ4n) is 1.28. The second kappa shape index (κ2) is 5.40. The van der Waals surface area contributed by atoms with Gasteiger partial charge < -0.3 is 10.0 Å². The zero-order chi connectivity index (χ0) is 13.0. The van der Waals surface area contributed by atoms with Crippen LogP contribution in [0.5, 0.6) is 0 Å². The molecule has 1 N–H and O–H groups in total. The standard InChI is InChI=1S/C11H14N2O4/c1-8(7-14)12(2)11(15)9-4-3-5-10(6-9)13(16)17/h3-6,8,14H,7H2,1-2H3. The van der Waals surface area contributed by atoms with E-state index in [9.17, 15) is 14.9 Å². The molecule has 1 amide bonds. The molecule has 0 bridgehead atoms. The Bertz CT molecular complexity index is 433. The molecule has 0 saturated carbocycles. The van der Waals surface area contributed by atoms with Crippen LogP contribution in [0.4, 0.5) is 5.69 Å². The Morgan fingerprint density at radius 3 is 2.76 bits per heavy atom. The molecule has 0 spiro atoms. The number of likely N-dealkylation sites (N-methyl/N-ethyl adjacent to an activating group) is 1. The van der Waals surface area contributed by atoms with Crippen molar-refractivity contribution in [3.63, 3.8) is 0 Å². The minimum atomic E-state index is -0.549. The van der Waals surface area contributed by atoms with Crippen LogP contribution in [-0.2, 0) is 0 Å². The second-order valence-electron chi connectivity index (χ2n) is 3.76. The van der Waals surface area contributed by atoms with Gasteiger partial charge in [0, 0.05) is 24.7 Å². The van der Waals surface area contributed by atoms with Crippen molar-refractivity contribution in [2.45, 2.75) is 13.0 Å². The normalized spacial score (nSPS) is 11.9. The third-order valence-electron chi connectivity index (χ3n) is 2.55. The molecule has 6 nitrogen and oxygen atoms in total. The van der Waals surface area contributed by atoms with Crippen LogP contribution in [0.15, 0.2) is 24.3 Å². The van der Waals surface area contributed by atoms with Crippen LogP contribution in [0.2, 0.25) is 0 Å². The van der Waals surface area contributed by atoms with Crippen molar-refractivity contribution in [2.24, 2.45) is 0 Å². The van der Waals surface area contributed by atoms with E-state index in [-0.39, 0.29) is 29.8 Å². The summed E-state index contributed by atoms with van der Waals surface area (Å²) in [7, 11) is 1.54. The van der Waals surface area contributed by atoms with Gasteiger partial charge in [-0.25, -0.2) is 0 Å². The van der Waals surface area contributed by atoms with Gasteiger partial charge in [-0.05, 0) is 13.0 Å². The largest absolute Gasteiger partial charge is 0.394 e. The van der Waals surface area contributed by atoms with Crippen molar-refractivity contribution in [2.75, 3.05) is 13.7 Å². The first-order valence-electron chi connectivity index (χ1n) is 5.10. The Morgan fingerprint density at radius 1 is 1.59 bits per heavy atom. The molecule has 17 heavy (non-hydrogen) atoms. The first kappa shape index (κ1) is 13.1. The first-order valence-corrected chi connectivity index (χ1v) is 5.10. The van der Waals surface area contributed by atoms with Gasteiger partial charge in [0.2, 0.25) is 0 Å². The molecule has 1 aromatic carbocycles. The number of hydrogen-bond donors (Lipinski definition) is 1. The number of aliphatic hydroxyl groups excluding tert-OH is 1. The molecular formula is C11H14N2O4. The van der Waals surface area contributed by atoms with Crippen molar-refractivity contribution in [1.82, 2.24) is 4.90 Å². The third kappa shape index (κ3) is 3.01. The molecule has 0 saturated heterocycles. The Labute approximate surface area is 98.6 Å². The number of non-ortho nitro benzene ring substituents is 1. The van der Waals surface area contributed by atoms with Crippen LogP contribution in [0.3, 0.4) is 0 Å². The lowest BCUT2D eigenvalue weighted by molar-refractivity contribution is -0.384. The number of carbonyl (C=O) groups excluding carboxylic acids is 1. The average Bonchev–Trinajstić information content (AvgIpc) is 2.36. The van der Waals surface area contributed by atoms with Crippen molar-refractivity contribution in [3.05, 3.63) is 39.9 Å². The quantitative estimate of drug-likeness (QED) is 0.627. The zero-order valence-corrected chi connectivity index (χ0v) is 9.66. The van der Waals surface area contributed by atoms with Gasteiger partial charge in [0.25, 0.3) is 11.6 Å². The van der Waals surface area contributed by atoms with Crippen LogP contribution < -0.4 is 0 Å². The molecule has 0 heterocycles. The van der Waals surface area contributed by atoms with E-state index in [1.165, 1.54) is 29.2 Å². The van der Waals surface area contributed by atoms with E-state index in [1.54, 1.807) is 14.0 Å². The van der Waals surface area contributed by atoms with E-state index in [4.69, 9.17) is 5.11 Å². The molecule has 0 aromatic heterocycles. The molecular weight excluding hydrogens is 224 g/mol. The van der Waals surface area contributed by atoms with Gasteiger partial charge in [-0.15, -0.1) is 0 Å². The summed E-state index contributed by atoms with van der Waals surface area (Å²) in [6, 6.07) is 5.19. The molecule has 1 atom stereocenters. The summed E-state index contributed by atoms with van der Waals surface area (Å²) >= 11 is 0. The van der Waals surface area contributed by atoms with Gasteiger partial charge in [0.1, 0.15) is 0 Å². The Kier molecular flexibility index (Phi) is 4.17. The average molecular weight is 238 g/mol. The summed E-state index contributed by atoms with van der Waals surface area (Å²) in [5, 5.41) is 19.5. The summed E-state index contributed by atoms with van der Waals surface area (Å²) in [6.07, 6.45) is 0. The summed E-state index contributed by atoms with van der Waals surface area (Å²) in [4.78, 5) is 23.3. The maximum absolute atomic E-state index is 11.9.